The van der Waals surface area contributed by atoms with E-state index in [1.165, 1.54) is 55.6 Å². The molecule has 6 nitrogen and oxygen atoms in total. The molecule has 0 spiro atoms. The molecule has 1 aliphatic rings. The SMILES string of the molecule is CCn1c(COc2ccc(F)cc2Cl)nnc1SCC(=O)NC1CCCCCC1. The summed E-state index contributed by atoms with van der Waals surface area (Å²) in [5, 5.41) is 12.4. The molecular weight excluding hydrogens is 415 g/mol. The van der Waals surface area contributed by atoms with Crippen LogP contribution >= 0.6 is 23.4 Å². The first-order valence-corrected chi connectivity index (χ1v) is 11.3. The summed E-state index contributed by atoms with van der Waals surface area (Å²) >= 11 is 7.36. The zero-order valence-corrected chi connectivity index (χ0v) is 18.1. The molecule has 0 aliphatic heterocycles. The molecule has 158 valence electrons. The van der Waals surface area contributed by atoms with E-state index < -0.39 is 5.82 Å². The van der Waals surface area contributed by atoms with Gasteiger partial charge in [-0.1, -0.05) is 49.0 Å². The van der Waals surface area contributed by atoms with Gasteiger partial charge in [0.25, 0.3) is 0 Å². The molecule has 1 aliphatic carbocycles. The summed E-state index contributed by atoms with van der Waals surface area (Å²) < 4.78 is 20.7. The molecule has 0 bridgehead atoms. The normalized spacial score (nSPS) is 15.1. The van der Waals surface area contributed by atoms with Crippen LogP contribution in [0.4, 0.5) is 4.39 Å². The molecule has 0 radical (unpaired) electrons. The molecule has 1 heterocycles. The minimum Gasteiger partial charge on any atom is -0.484 e. The highest BCUT2D eigenvalue weighted by molar-refractivity contribution is 7.99. The molecule has 1 fully saturated rings. The first kappa shape index (κ1) is 21.9. The van der Waals surface area contributed by atoms with E-state index in [9.17, 15) is 9.18 Å². The zero-order valence-electron chi connectivity index (χ0n) is 16.5. The molecule has 0 unspecified atom stereocenters. The van der Waals surface area contributed by atoms with Gasteiger partial charge in [-0.2, -0.15) is 0 Å². The molecule has 29 heavy (non-hydrogen) atoms. The summed E-state index contributed by atoms with van der Waals surface area (Å²) in [5.74, 6) is 0.929. The van der Waals surface area contributed by atoms with Gasteiger partial charge in [0.2, 0.25) is 5.91 Å². The molecule has 1 amide bonds. The minimum absolute atomic E-state index is 0.0310. The highest BCUT2D eigenvalue weighted by atomic mass is 35.5. The smallest absolute Gasteiger partial charge is 0.230 e. The Morgan fingerprint density at radius 1 is 1.31 bits per heavy atom. The summed E-state index contributed by atoms with van der Waals surface area (Å²) in [7, 11) is 0. The van der Waals surface area contributed by atoms with Crippen LogP contribution in [0.25, 0.3) is 0 Å². The Kier molecular flexibility index (Phi) is 8.18. The number of halogens is 2. The van der Waals surface area contributed by atoms with E-state index in [2.05, 4.69) is 15.5 Å². The topological polar surface area (TPSA) is 69.0 Å². The molecule has 1 saturated carbocycles. The molecule has 1 aromatic carbocycles. The van der Waals surface area contributed by atoms with E-state index in [1.807, 2.05) is 11.5 Å². The van der Waals surface area contributed by atoms with Crippen LogP contribution in [-0.2, 0) is 17.9 Å². The van der Waals surface area contributed by atoms with Crippen molar-refractivity contribution in [3.63, 3.8) is 0 Å². The molecule has 0 atom stereocenters. The maximum absolute atomic E-state index is 13.1. The van der Waals surface area contributed by atoms with Gasteiger partial charge in [0, 0.05) is 12.6 Å². The first-order valence-electron chi connectivity index (χ1n) is 9.99. The van der Waals surface area contributed by atoms with Crippen LogP contribution < -0.4 is 10.1 Å². The summed E-state index contributed by atoms with van der Waals surface area (Å²) in [6.45, 7) is 2.78. The third-order valence-electron chi connectivity index (χ3n) is 4.91. The van der Waals surface area contributed by atoms with Crippen molar-refractivity contribution < 1.29 is 13.9 Å². The lowest BCUT2D eigenvalue weighted by Gasteiger charge is -2.16. The Morgan fingerprint density at radius 3 is 2.76 bits per heavy atom. The van der Waals surface area contributed by atoms with Gasteiger partial charge < -0.3 is 14.6 Å². The largest absolute Gasteiger partial charge is 0.484 e. The van der Waals surface area contributed by atoms with Crippen molar-refractivity contribution >= 4 is 29.3 Å². The fourth-order valence-corrected chi connectivity index (χ4v) is 4.46. The van der Waals surface area contributed by atoms with Crippen molar-refractivity contribution in [3.8, 4) is 5.75 Å². The van der Waals surface area contributed by atoms with Crippen LogP contribution in [0.3, 0.4) is 0 Å². The highest BCUT2D eigenvalue weighted by Crippen LogP contribution is 2.26. The van der Waals surface area contributed by atoms with E-state index in [0.717, 1.165) is 12.8 Å². The highest BCUT2D eigenvalue weighted by Gasteiger charge is 2.17. The Labute approximate surface area is 179 Å². The second-order valence-electron chi connectivity index (χ2n) is 7.05. The average molecular weight is 441 g/mol. The number of amides is 1. The summed E-state index contributed by atoms with van der Waals surface area (Å²) in [4.78, 5) is 12.3. The van der Waals surface area contributed by atoms with Gasteiger partial charge >= 0.3 is 0 Å². The number of aromatic nitrogens is 3. The maximum Gasteiger partial charge on any atom is 0.230 e. The van der Waals surface area contributed by atoms with Gasteiger partial charge in [-0.15, -0.1) is 10.2 Å². The molecule has 3 rings (SSSR count). The Bertz CT molecular complexity index is 825. The minimum atomic E-state index is -0.417. The van der Waals surface area contributed by atoms with E-state index >= 15 is 0 Å². The van der Waals surface area contributed by atoms with Gasteiger partial charge in [-0.25, -0.2) is 4.39 Å². The van der Waals surface area contributed by atoms with Gasteiger partial charge in [-0.3, -0.25) is 4.79 Å². The molecule has 0 saturated heterocycles. The maximum atomic E-state index is 13.1. The van der Waals surface area contributed by atoms with E-state index in [0.29, 0.717) is 35.1 Å². The predicted octanol–water partition coefficient (Wildman–Crippen LogP) is 4.60. The predicted molar refractivity (Wildman–Crippen MR) is 112 cm³/mol. The van der Waals surface area contributed by atoms with Crippen molar-refractivity contribution in [3.05, 3.63) is 34.9 Å². The number of hydrogen-bond donors (Lipinski definition) is 1. The number of carbonyl (C=O) groups excluding carboxylic acids is 1. The number of benzene rings is 1. The Morgan fingerprint density at radius 2 is 2.07 bits per heavy atom. The summed E-state index contributed by atoms with van der Waals surface area (Å²) in [6.07, 6.45) is 7.01. The van der Waals surface area contributed by atoms with Crippen LogP contribution in [0, 0.1) is 5.82 Å². The molecular formula is C20H26ClFN4O2S. The number of rotatable bonds is 8. The quantitative estimate of drug-likeness (QED) is 0.480. The fraction of sp³-hybridized carbons (Fsp3) is 0.550. The average Bonchev–Trinajstić information content (AvgIpc) is 2.91. The number of thioether (sulfide) groups is 1. The number of nitrogens with zero attached hydrogens (tertiary/aromatic N) is 3. The fourth-order valence-electron chi connectivity index (χ4n) is 3.41. The van der Waals surface area contributed by atoms with Crippen LogP contribution in [0.5, 0.6) is 5.75 Å². The summed E-state index contributed by atoms with van der Waals surface area (Å²) in [5.41, 5.74) is 0. The van der Waals surface area contributed by atoms with E-state index in [4.69, 9.17) is 16.3 Å². The number of nitrogens with one attached hydrogen (secondary N) is 1. The standard InChI is InChI=1S/C20H26ClFN4O2S/c1-2-26-18(12-28-17-10-9-14(22)11-16(17)21)24-25-20(26)29-13-19(27)23-15-7-5-3-4-6-8-15/h9-11,15H,2-8,12-13H2,1H3,(H,23,27). The number of hydrogen-bond acceptors (Lipinski definition) is 5. The van der Waals surface area contributed by atoms with Crippen LogP contribution in [-0.4, -0.2) is 32.5 Å². The van der Waals surface area contributed by atoms with Crippen molar-refractivity contribution in [1.29, 1.82) is 0 Å². The third-order valence-corrected chi connectivity index (χ3v) is 6.18. The van der Waals surface area contributed by atoms with Gasteiger partial charge in [-0.05, 0) is 38.0 Å². The second-order valence-corrected chi connectivity index (χ2v) is 8.40. The summed E-state index contributed by atoms with van der Waals surface area (Å²) in [6, 6.07) is 4.27. The lowest BCUT2D eigenvalue weighted by molar-refractivity contribution is -0.119. The first-order chi connectivity index (χ1) is 14.1. The van der Waals surface area contributed by atoms with Crippen LogP contribution in [0.1, 0.15) is 51.3 Å². The molecule has 9 heteroatoms. The number of carbonyl (C=O) groups is 1. The Balaban J connectivity index is 1.53. The van der Waals surface area contributed by atoms with Crippen LogP contribution in [0.2, 0.25) is 5.02 Å². The molecule has 1 N–H and O–H groups in total. The number of ether oxygens (including phenoxy) is 1. The lowest BCUT2D eigenvalue weighted by atomic mass is 10.1. The molecule has 1 aromatic heterocycles. The van der Waals surface area contributed by atoms with Crippen molar-refractivity contribution in [2.45, 2.75) is 69.8 Å². The zero-order chi connectivity index (χ0) is 20.6. The molecule has 2 aromatic rings. The monoisotopic (exact) mass is 440 g/mol. The van der Waals surface area contributed by atoms with Crippen LogP contribution in [0.15, 0.2) is 23.4 Å². The van der Waals surface area contributed by atoms with Gasteiger partial charge in [0.1, 0.15) is 18.2 Å². The van der Waals surface area contributed by atoms with Gasteiger partial charge in [0.05, 0.1) is 10.8 Å². The Hall–Kier alpha value is -1.80. The van der Waals surface area contributed by atoms with Crippen molar-refractivity contribution in [1.82, 2.24) is 20.1 Å². The lowest BCUT2D eigenvalue weighted by Crippen LogP contribution is -2.35. The van der Waals surface area contributed by atoms with E-state index in [1.54, 1.807) is 0 Å². The second kappa shape index (κ2) is 10.8. The third kappa shape index (κ3) is 6.34. The van der Waals surface area contributed by atoms with E-state index in [-0.39, 0.29) is 17.5 Å². The van der Waals surface area contributed by atoms with Crippen molar-refractivity contribution in [2.24, 2.45) is 0 Å². The van der Waals surface area contributed by atoms with Crippen molar-refractivity contribution in [2.75, 3.05) is 5.75 Å². The van der Waals surface area contributed by atoms with Gasteiger partial charge in [0.15, 0.2) is 11.0 Å².